The van der Waals surface area contributed by atoms with Crippen LogP contribution in [-0.4, -0.2) is 42.0 Å². The number of ether oxygens (including phenoxy) is 2. The van der Waals surface area contributed by atoms with E-state index in [-0.39, 0.29) is 18.4 Å². The standard InChI is InChI=1S/C24H23N3O4/c1-13(28)27-12-18-23(24(27)29)21(15-9-8-14(30-3)10-20(15)31-4)16-11-26(2)19-7-5-6-17(25-18)22(16)19/h5-11,21,25H,12H2,1-4H3/t21-/m0/s1. The van der Waals surface area contributed by atoms with Crippen molar-refractivity contribution in [3.8, 4) is 11.5 Å². The Bertz CT molecular complexity index is 1290. The second-order valence-corrected chi connectivity index (χ2v) is 7.86. The van der Waals surface area contributed by atoms with E-state index in [0.717, 1.165) is 33.4 Å². The number of nitrogens with one attached hydrogen (secondary N) is 1. The molecule has 1 aromatic heterocycles. The van der Waals surface area contributed by atoms with Crippen LogP contribution in [0.4, 0.5) is 5.69 Å². The quantitative estimate of drug-likeness (QED) is 0.707. The highest BCUT2D eigenvalue weighted by molar-refractivity contribution is 6.11. The third-order valence-corrected chi connectivity index (χ3v) is 6.18. The van der Waals surface area contributed by atoms with E-state index < -0.39 is 5.92 Å². The summed E-state index contributed by atoms with van der Waals surface area (Å²) < 4.78 is 13.1. The lowest BCUT2D eigenvalue weighted by atomic mass is 9.84. The molecule has 158 valence electrons. The predicted octanol–water partition coefficient (Wildman–Crippen LogP) is 3.40. The van der Waals surface area contributed by atoms with Gasteiger partial charge in [0.25, 0.3) is 5.91 Å². The summed E-state index contributed by atoms with van der Waals surface area (Å²) in [6.45, 7) is 1.65. The molecule has 1 atom stereocenters. The smallest absolute Gasteiger partial charge is 0.259 e. The molecule has 7 nitrogen and oxygen atoms in total. The third-order valence-electron chi connectivity index (χ3n) is 6.18. The third kappa shape index (κ3) is 2.73. The Balaban J connectivity index is 1.82. The Morgan fingerprint density at radius 3 is 2.65 bits per heavy atom. The molecule has 2 aliphatic heterocycles. The largest absolute Gasteiger partial charge is 0.497 e. The van der Waals surface area contributed by atoms with Gasteiger partial charge >= 0.3 is 0 Å². The number of aromatic nitrogens is 1. The van der Waals surface area contributed by atoms with E-state index in [1.807, 2.05) is 37.4 Å². The highest BCUT2D eigenvalue weighted by Crippen LogP contribution is 2.48. The monoisotopic (exact) mass is 417 g/mol. The minimum Gasteiger partial charge on any atom is -0.497 e. The van der Waals surface area contributed by atoms with E-state index >= 15 is 0 Å². The van der Waals surface area contributed by atoms with E-state index in [4.69, 9.17) is 9.47 Å². The molecule has 0 saturated carbocycles. The van der Waals surface area contributed by atoms with Gasteiger partial charge in [-0.25, -0.2) is 0 Å². The van der Waals surface area contributed by atoms with Crippen molar-refractivity contribution >= 4 is 28.4 Å². The molecule has 0 unspecified atom stereocenters. The van der Waals surface area contributed by atoms with Crippen LogP contribution in [0.25, 0.3) is 10.9 Å². The number of hydrogen-bond donors (Lipinski definition) is 1. The van der Waals surface area contributed by atoms with Crippen LogP contribution in [0.5, 0.6) is 11.5 Å². The zero-order valence-corrected chi connectivity index (χ0v) is 17.9. The number of rotatable bonds is 3. The van der Waals surface area contributed by atoms with Crippen LogP contribution in [0.1, 0.15) is 24.0 Å². The van der Waals surface area contributed by atoms with Crippen LogP contribution < -0.4 is 14.8 Å². The average Bonchev–Trinajstić information content (AvgIpc) is 3.22. The van der Waals surface area contributed by atoms with Gasteiger partial charge in [-0.15, -0.1) is 0 Å². The van der Waals surface area contributed by atoms with Gasteiger partial charge in [0, 0.05) is 54.5 Å². The fraction of sp³-hybridized carbons (Fsp3) is 0.250. The SMILES string of the molecule is COc1ccc([C@@H]2C3=C(CN(C(C)=O)C3=O)Nc3cccc4c3c2cn4C)c(OC)c1. The number of carbonyl (C=O) groups excluding carboxylic acids is 2. The van der Waals surface area contributed by atoms with Crippen molar-refractivity contribution in [2.75, 3.05) is 26.1 Å². The maximum Gasteiger partial charge on any atom is 0.259 e. The molecule has 1 N–H and O–H groups in total. The van der Waals surface area contributed by atoms with Gasteiger partial charge in [-0.2, -0.15) is 0 Å². The molecule has 3 aromatic rings. The Labute approximate surface area is 179 Å². The second kappa shape index (κ2) is 6.91. The van der Waals surface area contributed by atoms with Crippen molar-refractivity contribution in [3.63, 3.8) is 0 Å². The molecular weight excluding hydrogens is 394 g/mol. The number of carbonyl (C=O) groups is 2. The number of hydrogen-bond acceptors (Lipinski definition) is 5. The second-order valence-electron chi connectivity index (χ2n) is 7.86. The first kappa shape index (κ1) is 19.2. The fourth-order valence-corrected chi connectivity index (χ4v) is 4.75. The van der Waals surface area contributed by atoms with Crippen LogP contribution in [0, 0.1) is 0 Å². The number of amides is 2. The van der Waals surface area contributed by atoms with E-state index in [0.29, 0.717) is 17.1 Å². The Morgan fingerprint density at radius 2 is 1.94 bits per heavy atom. The van der Waals surface area contributed by atoms with E-state index in [1.165, 1.54) is 11.8 Å². The van der Waals surface area contributed by atoms with E-state index in [2.05, 4.69) is 22.1 Å². The van der Waals surface area contributed by atoms with Gasteiger partial charge in [0.05, 0.1) is 31.9 Å². The van der Waals surface area contributed by atoms with Crippen LogP contribution in [0.15, 0.2) is 53.9 Å². The molecule has 0 saturated heterocycles. The molecule has 31 heavy (non-hydrogen) atoms. The molecule has 0 aliphatic carbocycles. The molecule has 0 bridgehead atoms. The van der Waals surface area contributed by atoms with Gasteiger partial charge < -0.3 is 19.4 Å². The van der Waals surface area contributed by atoms with Crippen LogP contribution in [0.3, 0.4) is 0 Å². The first-order valence-corrected chi connectivity index (χ1v) is 10.1. The topological polar surface area (TPSA) is 72.8 Å². The number of aryl methyl sites for hydroxylation is 1. The minimum absolute atomic E-state index is 0.227. The highest BCUT2D eigenvalue weighted by atomic mass is 16.5. The molecule has 0 fully saturated rings. The van der Waals surface area contributed by atoms with Crippen LogP contribution >= 0.6 is 0 Å². The Kier molecular flexibility index (Phi) is 4.28. The number of benzene rings is 2. The van der Waals surface area contributed by atoms with Gasteiger partial charge in [-0.3, -0.25) is 14.5 Å². The summed E-state index contributed by atoms with van der Waals surface area (Å²) in [5.74, 6) is 0.354. The molecule has 2 amide bonds. The molecular formula is C24H23N3O4. The van der Waals surface area contributed by atoms with E-state index in [9.17, 15) is 9.59 Å². The average molecular weight is 417 g/mol. The summed E-state index contributed by atoms with van der Waals surface area (Å²) in [5, 5.41) is 4.52. The van der Waals surface area contributed by atoms with Gasteiger partial charge in [-0.05, 0) is 23.8 Å². The molecule has 5 rings (SSSR count). The van der Waals surface area contributed by atoms with Gasteiger partial charge in [0.2, 0.25) is 5.91 Å². The maximum absolute atomic E-state index is 13.5. The summed E-state index contributed by atoms with van der Waals surface area (Å²) in [6, 6.07) is 11.7. The van der Waals surface area contributed by atoms with Crippen molar-refractivity contribution in [1.29, 1.82) is 0 Å². The van der Waals surface area contributed by atoms with Gasteiger partial charge in [-0.1, -0.05) is 12.1 Å². The fourth-order valence-electron chi connectivity index (χ4n) is 4.75. The molecule has 0 spiro atoms. The number of nitrogens with zero attached hydrogens (tertiary/aromatic N) is 2. The molecule has 2 aromatic carbocycles. The lowest BCUT2D eigenvalue weighted by molar-refractivity contribution is -0.139. The first-order valence-electron chi connectivity index (χ1n) is 10.1. The first-order chi connectivity index (χ1) is 14.9. The Hall–Kier alpha value is -3.74. The summed E-state index contributed by atoms with van der Waals surface area (Å²) in [5.41, 5.74) is 5.15. The lowest BCUT2D eigenvalue weighted by Crippen LogP contribution is -2.33. The summed E-state index contributed by atoms with van der Waals surface area (Å²) in [7, 11) is 5.20. The zero-order chi connectivity index (χ0) is 21.9. The van der Waals surface area contributed by atoms with Gasteiger partial charge in [0.15, 0.2) is 0 Å². The van der Waals surface area contributed by atoms with E-state index in [1.54, 1.807) is 14.2 Å². The maximum atomic E-state index is 13.5. The van der Waals surface area contributed by atoms with Crippen molar-refractivity contribution in [3.05, 3.63) is 65.0 Å². The zero-order valence-electron chi connectivity index (χ0n) is 17.9. The van der Waals surface area contributed by atoms with Crippen molar-refractivity contribution < 1.29 is 19.1 Å². The number of methoxy groups -OCH3 is 2. The molecule has 7 heteroatoms. The lowest BCUT2D eigenvalue weighted by Gasteiger charge is -2.22. The summed E-state index contributed by atoms with van der Waals surface area (Å²) in [4.78, 5) is 26.9. The summed E-state index contributed by atoms with van der Waals surface area (Å²) in [6.07, 6.45) is 2.06. The number of imide groups is 1. The van der Waals surface area contributed by atoms with Crippen molar-refractivity contribution in [1.82, 2.24) is 9.47 Å². The molecule has 3 heterocycles. The number of anilines is 1. The molecule has 0 radical (unpaired) electrons. The normalized spacial score (nSPS) is 17.5. The van der Waals surface area contributed by atoms with Crippen molar-refractivity contribution in [2.45, 2.75) is 12.8 Å². The highest BCUT2D eigenvalue weighted by Gasteiger charge is 2.42. The molecule has 2 aliphatic rings. The Morgan fingerprint density at radius 1 is 1.13 bits per heavy atom. The minimum atomic E-state index is -0.396. The van der Waals surface area contributed by atoms with Crippen LogP contribution in [0.2, 0.25) is 0 Å². The van der Waals surface area contributed by atoms with Crippen LogP contribution in [-0.2, 0) is 16.6 Å². The predicted molar refractivity (Wildman–Crippen MR) is 117 cm³/mol. The van der Waals surface area contributed by atoms with Crippen molar-refractivity contribution in [2.24, 2.45) is 7.05 Å². The van der Waals surface area contributed by atoms with Gasteiger partial charge in [0.1, 0.15) is 11.5 Å². The summed E-state index contributed by atoms with van der Waals surface area (Å²) >= 11 is 0.